The number of ether oxygens (including phenoxy) is 1. The number of methoxy groups -OCH3 is 1. The van der Waals surface area contributed by atoms with E-state index >= 15 is 0 Å². The van der Waals surface area contributed by atoms with Crippen LogP contribution in [0.4, 0.5) is 0 Å². The van der Waals surface area contributed by atoms with Gasteiger partial charge in [-0.25, -0.2) is 0 Å². The third-order valence-electron chi connectivity index (χ3n) is 2.44. The molecule has 0 aliphatic carbocycles. The van der Waals surface area contributed by atoms with Crippen molar-refractivity contribution < 1.29 is 14.6 Å². The molecule has 0 saturated carbocycles. The van der Waals surface area contributed by atoms with Crippen LogP contribution < -0.4 is 10.5 Å². The number of nitriles is 1. The highest BCUT2D eigenvalue weighted by Gasteiger charge is 2.15. The van der Waals surface area contributed by atoms with Gasteiger partial charge < -0.3 is 15.6 Å². The molecule has 5 nitrogen and oxygen atoms in total. The number of aliphatic carboxylic acids is 1. The summed E-state index contributed by atoms with van der Waals surface area (Å²) in [6.07, 6.45) is -0.170. The first-order valence-electron chi connectivity index (χ1n) is 5.05. The molecule has 0 bridgehead atoms. The van der Waals surface area contributed by atoms with E-state index in [-0.39, 0.29) is 6.42 Å². The van der Waals surface area contributed by atoms with E-state index in [2.05, 4.69) is 0 Å². The van der Waals surface area contributed by atoms with Gasteiger partial charge in [-0.05, 0) is 24.1 Å². The maximum absolute atomic E-state index is 10.6. The first-order valence-corrected chi connectivity index (χ1v) is 5.05. The molecular weight excluding hydrogens is 220 g/mol. The van der Waals surface area contributed by atoms with Gasteiger partial charge in [-0.2, -0.15) is 5.26 Å². The summed E-state index contributed by atoms with van der Waals surface area (Å²) in [6.45, 7) is 1.79. The highest BCUT2D eigenvalue weighted by molar-refractivity contribution is 5.68. The van der Waals surface area contributed by atoms with E-state index < -0.39 is 12.0 Å². The van der Waals surface area contributed by atoms with Gasteiger partial charge in [0.25, 0.3) is 0 Å². The molecule has 0 saturated heterocycles. The van der Waals surface area contributed by atoms with Crippen LogP contribution in [0, 0.1) is 18.3 Å². The number of benzene rings is 1. The maximum Gasteiger partial charge on any atom is 0.305 e. The number of nitrogens with zero attached hydrogens (tertiary/aromatic N) is 1. The molecule has 0 fully saturated rings. The Labute approximate surface area is 99.4 Å². The molecule has 1 unspecified atom stereocenters. The summed E-state index contributed by atoms with van der Waals surface area (Å²) in [5.41, 5.74) is 7.51. The lowest BCUT2D eigenvalue weighted by atomic mass is 9.98. The molecule has 0 aromatic heterocycles. The summed E-state index contributed by atoms with van der Waals surface area (Å²) in [5.74, 6) is -0.469. The largest absolute Gasteiger partial charge is 0.495 e. The predicted molar refractivity (Wildman–Crippen MR) is 61.6 cm³/mol. The van der Waals surface area contributed by atoms with E-state index in [9.17, 15) is 4.79 Å². The minimum atomic E-state index is -0.968. The minimum Gasteiger partial charge on any atom is -0.495 e. The Kier molecular flexibility index (Phi) is 4.07. The average molecular weight is 234 g/mol. The second-order valence-corrected chi connectivity index (χ2v) is 3.73. The topological polar surface area (TPSA) is 96.3 Å². The molecule has 0 heterocycles. The van der Waals surface area contributed by atoms with Crippen LogP contribution in [-0.2, 0) is 4.79 Å². The van der Waals surface area contributed by atoms with Crippen LogP contribution in [0.1, 0.15) is 29.2 Å². The van der Waals surface area contributed by atoms with Crippen molar-refractivity contribution in [3.63, 3.8) is 0 Å². The maximum atomic E-state index is 10.6. The number of carboxylic acids is 1. The Morgan fingerprint density at radius 2 is 2.29 bits per heavy atom. The molecule has 0 amide bonds. The van der Waals surface area contributed by atoms with E-state index in [4.69, 9.17) is 20.8 Å². The molecule has 0 spiro atoms. The summed E-state index contributed by atoms with van der Waals surface area (Å²) in [4.78, 5) is 10.6. The Morgan fingerprint density at radius 3 is 2.76 bits per heavy atom. The van der Waals surface area contributed by atoms with Gasteiger partial charge in [-0.3, -0.25) is 4.79 Å². The summed E-state index contributed by atoms with van der Waals surface area (Å²) in [7, 11) is 1.49. The zero-order valence-electron chi connectivity index (χ0n) is 9.73. The summed E-state index contributed by atoms with van der Waals surface area (Å²) in [6, 6.07) is 4.70. The smallest absolute Gasteiger partial charge is 0.305 e. The quantitative estimate of drug-likeness (QED) is 0.819. The Morgan fingerprint density at radius 1 is 1.65 bits per heavy atom. The van der Waals surface area contributed by atoms with Crippen molar-refractivity contribution in [3.8, 4) is 11.8 Å². The molecule has 1 rings (SSSR count). The number of nitrogens with two attached hydrogens (primary N) is 1. The van der Waals surface area contributed by atoms with Crippen molar-refractivity contribution in [2.75, 3.05) is 7.11 Å². The first kappa shape index (κ1) is 13.0. The molecule has 0 aliphatic rings. The summed E-state index contributed by atoms with van der Waals surface area (Å²) in [5, 5.41) is 17.6. The fourth-order valence-electron chi connectivity index (χ4n) is 1.68. The zero-order chi connectivity index (χ0) is 13.0. The van der Waals surface area contributed by atoms with Gasteiger partial charge in [-0.1, -0.05) is 6.07 Å². The molecular formula is C12H14N2O3. The molecule has 0 aliphatic heterocycles. The van der Waals surface area contributed by atoms with Gasteiger partial charge in [0.2, 0.25) is 0 Å². The van der Waals surface area contributed by atoms with Gasteiger partial charge >= 0.3 is 5.97 Å². The SMILES string of the molecule is COc1c(C)cc(C(N)CC(=O)O)cc1C#N. The number of aryl methyl sites for hydroxylation is 1. The molecule has 90 valence electrons. The van der Waals surface area contributed by atoms with Crippen molar-refractivity contribution in [1.29, 1.82) is 5.26 Å². The van der Waals surface area contributed by atoms with Gasteiger partial charge in [0, 0.05) is 6.04 Å². The number of rotatable bonds is 4. The molecule has 3 N–H and O–H groups in total. The van der Waals surface area contributed by atoms with E-state index in [1.807, 2.05) is 6.07 Å². The van der Waals surface area contributed by atoms with Crippen LogP contribution >= 0.6 is 0 Å². The van der Waals surface area contributed by atoms with Crippen molar-refractivity contribution in [2.45, 2.75) is 19.4 Å². The lowest BCUT2D eigenvalue weighted by molar-refractivity contribution is -0.137. The summed E-state index contributed by atoms with van der Waals surface area (Å²) < 4.78 is 5.10. The molecule has 1 aromatic carbocycles. The van der Waals surface area contributed by atoms with Crippen LogP contribution in [-0.4, -0.2) is 18.2 Å². The normalized spacial score (nSPS) is 11.6. The van der Waals surface area contributed by atoms with Crippen LogP contribution in [0.5, 0.6) is 5.75 Å². The van der Waals surface area contributed by atoms with Crippen LogP contribution in [0.3, 0.4) is 0 Å². The van der Waals surface area contributed by atoms with Crippen molar-refractivity contribution in [3.05, 3.63) is 28.8 Å². The minimum absolute atomic E-state index is 0.170. The average Bonchev–Trinajstić information content (AvgIpc) is 2.26. The number of carbonyl (C=O) groups is 1. The van der Waals surface area contributed by atoms with Crippen LogP contribution in [0.2, 0.25) is 0 Å². The third-order valence-corrected chi connectivity index (χ3v) is 2.44. The van der Waals surface area contributed by atoms with E-state index in [1.165, 1.54) is 7.11 Å². The fraction of sp³-hybridized carbons (Fsp3) is 0.333. The number of hydrogen-bond donors (Lipinski definition) is 2. The third kappa shape index (κ3) is 2.95. The predicted octanol–water partition coefficient (Wildman–Crippen LogP) is 1.35. The van der Waals surface area contributed by atoms with Gasteiger partial charge in [0.05, 0.1) is 19.1 Å². The number of carboxylic acid groups (broad SMARTS) is 1. The molecule has 0 radical (unpaired) electrons. The van der Waals surface area contributed by atoms with E-state index in [0.29, 0.717) is 16.9 Å². The standard InChI is InChI=1S/C12H14N2O3/c1-7-3-8(10(14)5-11(15)16)4-9(6-13)12(7)17-2/h3-4,10H,5,14H2,1-2H3,(H,15,16). The van der Waals surface area contributed by atoms with Gasteiger partial charge in [0.1, 0.15) is 11.8 Å². The van der Waals surface area contributed by atoms with E-state index in [0.717, 1.165) is 5.56 Å². The lowest BCUT2D eigenvalue weighted by Crippen LogP contribution is -2.15. The zero-order valence-corrected chi connectivity index (χ0v) is 9.73. The highest BCUT2D eigenvalue weighted by atomic mass is 16.5. The fourth-order valence-corrected chi connectivity index (χ4v) is 1.68. The van der Waals surface area contributed by atoms with Crippen molar-refractivity contribution in [2.24, 2.45) is 5.73 Å². The molecule has 1 atom stereocenters. The van der Waals surface area contributed by atoms with Crippen molar-refractivity contribution >= 4 is 5.97 Å². The van der Waals surface area contributed by atoms with Gasteiger partial charge in [-0.15, -0.1) is 0 Å². The van der Waals surface area contributed by atoms with Crippen molar-refractivity contribution in [1.82, 2.24) is 0 Å². The highest BCUT2D eigenvalue weighted by Crippen LogP contribution is 2.27. The second-order valence-electron chi connectivity index (χ2n) is 3.73. The Balaban J connectivity index is 3.16. The monoisotopic (exact) mass is 234 g/mol. The van der Waals surface area contributed by atoms with Crippen LogP contribution in [0.25, 0.3) is 0 Å². The van der Waals surface area contributed by atoms with E-state index in [1.54, 1.807) is 19.1 Å². The second kappa shape index (κ2) is 5.32. The first-order chi connectivity index (χ1) is 7.99. The van der Waals surface area contributed by atoms with Gasteiger partial charge in [0.15, 0.2) is 0 Å². The molecule has 5 heteroatoms. The lowest BCUT2D eigenvalue weighted by Gasteiger charge is -2.13. The molecule has 1 aromatic rings. The molecule has 17 heavy (non-hydrogen) atoms. The number of hydrogen-bond acceptors (Lipinski definition) is 4. The Hall–Kier alpha value is -2.06. The van der Waals surface area contributed by atoms with Crippen LogP contribution in [0.15, 0.2) is 12.1 Å². The Bertz CT molecular complexity index is 477. The summed E-state index contributed by atoms with van der Waals surface area (Å²) >= 11 is 0.